The van der Waals surface area contributed by atoms with E-state index in [1.165, 1.54) is 10.4 Å². The number of hydrogen-bond acceptors (Lipinski definition) is 3. The first-order valence-corrected chi connectivity index (χ1v) is 5.62. The molecule has 2 rings (SSSR count). The quantitative estimate of drug-likeness (QED) is 0.785. The Morgan fingerprint density at radius 2 is 2.54 bits per heavy atom. The van der Waals surface area contributed by atoms with E-state index in [-0.39, 0.29) is 6.10 Å². The number of thiophene rings is 1. The summed E-state index contributed by atoms with van der Waals surface area (Å²) in [5.41, 5.74) is 1.40. The van der Waals surface area contributed by atoms with Crippen LogP contribution in [0.5, 0.6) is 0 Å². The van der Waals surface area contributed by atoms with Gasteiger partial charge in [-0.3, -0.25) is 0 Å². The average molecular weight is 197 g/mol. The second-order valence-electron chi connectivity index (χ2n) is 3.36. The summed E-state index contributed by atoms with van der Waals surface area (Å²) in [5, 5.41) is 5.59. The Balaban J connectivity index is 2.25. The van der Waals surface area contributed by atoms with Crippen molar-refractivity contribution in [1.82, 2.24) is 5.32 Å². The fourth-order valence-electron chi connectivity index (χ4n) is 1.75. The average Bonchev–Trinajstić information content (AvgIpc) is 2.58. The monoisotopic (exact) mass is 197 g/mol. The molecule has 0 radical (unpaired) electrons. The molecular formula is C10H15NOS. The highest BCUT2D eigenvalue weighted by molar-refractivity contribution is 7.10. The maximum Gasteiger partial charge on any atom is 0.107 e. The van der Waals surface area contributed by atoms with Crippen LogP contribution in [0.4, 0.5) is 0 Å². The standard InChI is InChI=1S/C10H15NOS/c1-3-12-9-7(2)11-6-8-4-5-13-10(8)9/h4-5,7,9,11H,3,6H2,1-2H3. The van der Waals surface area contributed by atoms with Crippen molar-refractivity contribution in [3.05, 3.63) is 21.9 Å². The molecule has 0 spiro atoms. The van der Waals surface area contributed by atoms with E-state index in [0.29, 0.717) is 6.04 Å². The molecule has 0 aliphatic carbocycles. The van der Waals surface area contributed by atoms with E-state index >= 15 is 0 Å². The van der Waals surface area contributed by atoms with E-state index in [1.807, 2.05) is 11.3 Å². The first kappa shape index (κ1) is 9.19. The van der Waals surface area contributed by atoms with Crippen LogP contribution < -0.4 is 5.32 Å². The van der Waals surface area contributed by atoms with Gasteiger partial charge in [0.2, 0.25) is 0 Å². The summed E-state index contributed by atoms with van der Waals surface area (Å²) in [4.78, 5) is 1.41. The summed E-state index contributed by atoms with van der Waals surface area (Å²) in [7, 11) is 0. The summed E-state index contributed by atoms with van der Waals surface area (Å²) in [6, 6.07) is 2.62. The second-order valence-corrected chi connectivity index (χ2v) is 4.30. The van der Waals surface area contributed by atoms with Crippen molar-refractivity contribution >= 4 is 11.3 Å². The predicted molar refractivity (Wildman–Crippen MR) is 55.0 cm³/mol. The van der Waals surface area contributed by atoms with E-state index in [1.54, 1.807) is 0 Å². The molecule has 1 aromatic rings. The molecule has 1 aromatic heterocycles. The molecule has 0 aromatic carbocycles. The molecule has 2 atom stereocenters. The SMILES string of the molecule is CCOC1c2sccc2CNC1C. The summed E-state index contributed by atoms with van der Waals surface area (Å²) in [6.45, 7) is 6.01. The van der Waals surface area contributed by atoms with Gasteiger partial charge < -0.3 is 10.1 Å². The van der Waals surface area contributed by atoms with Crippen LogP contribution >= 0.6 is 11.3 Å². The number of nitrogens with one attached hydrogen (secondary N) is 1. The van der Waals surface area contributed by atoms with Crippen molar-refractivity contribution in [3.63, 3.8) is 0 Å². The second kappa shape index (κ2) is 3.78. The largest absolute Gasteiger partial charge is 0.371 e. The minimum absolute atomic E-state index is 0.258. The maximum absolute atomic E-state index is 5.73. The molecular weight excluding hydrogens is 182 g/mol. The van der Waals surface area contributed by atoms with Crippen LogP contribution in [0.2, 0.25) is 0 Å². The van der Waals surface area contributed by atoms with Crippen LogP contribution in [-0.2, 0) is 11.3 Å². The van der Waals surface area contributed by atoms with E-state index < -0.39 is 0 Å². The smallest absolute Gasteiger partial charge is 0.107 e. The zero-order valence-electron chi connectivity index (χ0n) is 8.04. The Morgan fingerprint density at radius 3 is 3.31 bits per heavy atom. The van der Waals surface area contributed by atoms with E-state index in [4.69, 9.17) is 4.74 Å². The van der Waals surface area contributed by atoms with Gasteiger partial charge in [-0.1, -0.05) is 0 Å². The third kappa shape index (κ3) is 1.64. The molecule has 1 N–H and O–H groups in total. The highest BCUT2D eigenvalue weighted by Crippen LogP contribution is 2.33. The van der Waals surface area contributed by atoms with Gasteiger partial charge in [-0.2, -0.15) is 0 Å². The molecule has 0 saturated heterocycles. The third-order valence-corrected chi connectivity index (χ3v) is 3.47. The molecule has 2 nitrogen and oxygen atoms in total. The van der Waals surface area contributed by atoms with Gasteiger partial charge >= 0.3 is 0 Å². The van der Waals surface area contributed by atoms with Crippen molar-refractivity contribution in [2.45, 2.75) is 32.5 Å². The van der Waals surface area contributed by atoms with Crippen LogP contribution in [0.25, 0.3) is 0 Å². The Labute approximate surface area is 82.9 Å². The molecule has 0 bridgehead atoms. The van der Waals surface area contributed by atoms with Crippen LogP contribution in [0.1, 0.15) is 30.4 Å². The number of fused-ring (bicyclic) bond motifs is 1. The summed E-state index contributed by atoms with van der Waals surface area (Å²) < 4.78 is 5.73. The maximum atomic E-state index is 5.73. The summed E-state index contributed by atoms with van der Waals surface area (Å²) >= 11 is 1.81. The Kier molecular flexibility index (Phi) is 2.67. The van der Waals surface area contributed by atoms with Gasteiger partial charge in [0.25, 0.3) is 0 Å². The topological polar surface area (TPSA) is 21.3 Å². The van der Waals surface area contributed by atoms with Gasteiger partial charge in [0.15, 0.2) is 0 Å². The minimum Gasteiger partial charge on any atom is -0.371 e. The van der Waals surface area contributed by atoms with Gasteiger partial charge in [0.1, 0.15) is 6.10 Å². The first-order chi connectivity index (χ1) is 6.33. The van der Waals surface area contributed by atoms with Crippen LogP contribution in [-0.4, -0.2) is 12.6 Å². The highest BCUT2D eigenvalue weighted by Gasteiger charge is 2.27. The minimum atomic E-state index is 0.258. The number of rotatable bonds is 2. The number of ether oxygens (including phenoxy) is 1. The Hall–Kier alpha value is -0.380. The normalized spacial score (nSPS) is 27.2. The van der Waals surface area contributed by atoms with Crippen LogP contribution in [0.3, 0.4) is 0 Å². The molecule has 2 heterocycles. The van der Waals surface area contributed by atoms with E-state index in [9.17, 15) is 0 Å². The van der Waals surface area contributed by atoms with Crippen molar-refractivity contribution in [1.29, 1.82) is 0 Å². The molecule has 1 aliphatic heterocycles. The molecule has 2 unspecified atom stereocenters. The molecule has 0 amide bonds. The molecule has 72 valence electrons. The predicted octanol–water partition coefficient (Wildman–Crippen LogP) is 2.32. The van der Waals surface area contributed by atoms with E-state index in [0.717, 1.165) is 13.2 Å². The van der Waals surface area contributed by atoms with Gasteiger partial charge in [0, 0.05) is 24.1 Å². The lowest BCUT2D eigenvalue weighted by atomic mass is 10.0. The van der Waals surface area contributed by atoms with Crippen molar-refractivity contribution < 1.29 is 4.74 Å². The fourth-order valence-corrected chi connectivity index (χ4v) is 2.82. The molecule has 3 heteroatoms. The zero-order chi connectivity index (χ0) is 9.26. The first-order valence-electron chi connectivity index (χ1n) is 4.74. The lowest BCUT2D eigenvalue weighted by Gasteiger charge is -2.29. The fraction of sp³-hybridized carbons (Fsp3) is 0.600. The van der Waals surface area contributed by atoms with Crippen LogP contribution in [0.15, 0.2) is 11.4 Å². The van der Waals surface area contributed by atoms with Crippen molar-refractivity contribution in [2.24, 2.45) is 0 Å². The van der Waals surface area contributed by atoms with Crippen molar-refractivity contribution in [3.8, 4) is 0 Å². The van der Waals surface area contributed by atoms with E-state index in [2.05, 4.69) is 30.6 Å². The summed E-state index contributed by atoms with van der Waals surface area (Å²) in [5.74, 6) is 0. The van der Waals surface area contributed by atoms with Gasteiger partial charge in [0.05, 0.1) is 0 Å². The Morgan fingerprint density at radius 1 is 1.69 bits per heavy atom. The van der Waals surface area contributed by atoms with Gasteiger partial charge in [-0.25, -0.2) is 0 Å². The van der Waals surface area contributed by atoms with Gasteiger partial charge in [-0.15, -0.1) is 11.3 Å². The molecule has 13 heavy (non-hydrogen) atoms. The third-order valence-electron chi connectivity index (χ3n) is 2.45. The lowest BCUT2D eigenvalue weighted by molar-refractivity contribution is 0.0340. The molecule has 1 aliphatic rings. The van der Waals surface area contributed by atoms with Gasteiger partial charge in [-0.05, 0) is 30.9 Å². The molecule has 0 fully saturated rings. The highest BCUT2D eigenvalue weighted by atomic mass is 32.1. The zero-order valence-corrected chi connectivity index (χ0v) is 8.86. The summed E-state index contributed by atoms with van der Waals surface area (Å²) in [6.07, 6.45) is 0.258. The number of hydrogen-bond donors (Lipinski definition) is 1. The molecule has 0 saturated carbocycles. The Bertz CT molecular complexity index is 284. The lowest BCUT2D eigenvalue weighted by Crippen LogP contribution is -2.37. The van der Waals surface area contributed by atoms with Crippen LogP contribution in [0, 0.1) is 0 Å². The van der Waals surface area contributed by atoms with Crippen molar-refractivity contribution in [2.75, 3.05) is 6.61 Å².